The summed E-state index contributed by atoms with van der Waals surface area (Å²) in [7, 11) is 0. The summed E-state index contributed by atoms with van der Waals surface area (Å²) in [5, 5.41) is 3.23. The van der Waals surface area contributed by atoms with Crippen LogP contribution >= 0.6 is 0 Å². The van der Waals surface area contributed by atoms with Crippen LogP contribution in [0.2, 0.25) is 0 Å². The fourth-order valence-electron chi connectivity index (χ4n) is 1.59. The molecule has 1 aliphatic carbocycles. The van der Waals surface area contributed by atoms with Crippen LogP contribution in [0, 0.1) is 5.92 Å². The van der Waals surface area contributed by atoms with E-state index in [2.05, 4.69) is 43.0 Å². The van der Waals surface area contributed by atoms with Gasteiger partial charge in [0.05, 0.1) is 6.61 Å². The van der Waals surface area contributed by atoms with Crippen LogP contribution in [-0.4, -0.2) is 23.1 Å². The number of ether oxygens (including phenoxy) is 1. The number of hydrogen-bond acceptors (Lipinski definition) is 4. The SMILES string of the molecule is CCNc1cc(OCC2CC2)nc(C(C)(C)C)n1. The third-order valence-electron chi connectivity index (χ3n) is 2.90. The van der Waals surface area contributed by atoms with Gasteiger partial charge in [0.1, 0.15) is 11.6 Å². The van der Waals surface area contributed by atoms with E-state index in [-0.39, 0.29) is 5.41 Å². The fourth-order valence-corrected chi connectivity index (χ4v) is 1.59. The molecule has 1 aliphatic rings. The van der Waals surface area contributed by atoms with E-state index in [0.29, 0.717) is 5.88 Å². The highest BCUT2D eigenvalue weighted by Crippen LogP contribution is 2.30. The van der Waals surface area contributed by atoms with Crippen molar-refractivity contribution < 1.29 is 4.74 Å². The van der Waals surface area contributed by atoms with Crippen LogP contribution in [0.4, 0.5) is 5.82 Å². The van der Waals surface area contributed by atoms with Gasteiger partial charge in [0, 0.05) is 18.0 Å². The monoisotopic (exact) mass is 249 g/mol. The Bertz CT molecular complexity index is 408. The van der Waals surface area contributed by atoms with Crippen LogP contribution in [0.5, 0.6) is 5.88 Å². The standard InChI is InChI=1S/C14H23N3O/c1-5-15-11-8-12(18-9-10-6-7-10)17-13(16-11)14(2,3)4/h8,10H,5-7,9H2,1-4H3,(H,15,16,17). The normalized spacial score (nSPS) is 15.6. The summed E-state index contributed by atoms with van der Waals surface area (Å²) in [6.45, 7) is 10.0. The second-order valence-corrected chi connectivity index (χ2v) is 5.95. The predicted molar refractivity (Wildman–Crippen MR) is 73.1 cm³/mol. The van der Waals surface area contributed by atoms with Gasteiger partial charge in [0.2, 0.25) is 5.88 Å². The first-order valence-corrected chi connectivity index (χ1v) is 6.75. The Morgan fingerprint density at radius 2 is 2.06 bits per heavy atom. The van der Waals surface area contributed by atoms with Gasteiger partial charge < -0.3 is 10.1 Å². The highest BCUT2D eigenvalue weighted by molar-refractivity contribution is 5.39. The molecule has 18 heavy (non-hydrogen) atoms. The molecule has 0 aromatic carbocycles. The number of nitrogens with one attached hydrogen (secondary N) is 1. The third kappa shape index (κ3) is 3.59. The average Bonchev–Trinajstić information content (AvgIpc) is 3.09. The Hall–Kier alpha value is -1.32. The minimum Gasteiger partial charge on any atom is -0.477 e. The lowest BCUT2D eigenvalue weighted by atomic mass is 9.96. The molecule has 1 saturated carbocycles. The highest BCUT2D eigenvalue weighted by Gasteiger charge is 2.23. The quantitative estimate of drug-likeness (QED) is 0.871. The highest BCUT2D eigenvalue weighted by atomic mass is 16.5. The van der Waals surface area contributed by atoms with Gasteiger partial charge in [-0.3, -0.25) is 0 Å². The second-order valence-electron chi connectivity index (χ2n) is 5.95. The predicted octanol–water partition coefficient (Wildman–Crippen LogP) is 2.99. The molecule has 0 atom stereocenters. The topological polar surface area (TPSA) is 47.0 Å². The van der Waals surface area contributed by atoms with E-state index < -0.39 is 0 Å². The largest absolute Gasteiger partial charge is 0.477 e. The van der Waals surface area contributed by atoms with E-state index in [0.717, 1.165) is 30.7 Å². The molecule has 100 valence electrons. The lowest BCUT2D eigenvalue weighted by Gasteiger charge is -2.18. The van der Waals surface area contributed by atoms with Crippen LogP contribution in [0.15, 0.2) is 6.07 Å². The summed E-state index contributed by atoms with van der Waals surface area (Å²) in [5.41, 5.74) is -0.0663. The minimum atomic E-state index is -0.0663. The number of nitrogens with zero attached hydrogens (tertiary/aromatic N) is 2. The van der Waals surface area contributed by atoms with Crippen LogP contribution in [0.25, 0.3) is 0 Å². The molecule has 2 rings (SSSR count). The van der Waals surface area contributed by atoms with Crippen LogP contribution < -0.4 is 10.1 Å². The molecule has 0 unspecified atom stereocenters. The van der Waals surface area contributed by atoms with Gasteiger partial charge in [-0.15, -0.1) is 0 Å². The molecule has 0 spiro atoms. The minimum absolute atomic E-state index is 0.0663. The summed E-state index contributed by atoms with van der Waals surface area (Å²) in [6, 6.07) is 1.89. The molecule has 1 fully saturated rings. The molecular formula is C14H23N3O. The summed E-state index contributed by atoms with van der Waals surface area (Å²) in [6.07, 6.45) is 2.58. The van der Waals surface area contributed by atoms with Crippen molar-refractivity contribution in [2.24, 2.45) is 5.92 Å². The summed E-state index contributed by atoms with van der Waals surface area (Å²) in [4.78, 5) is 9.05. The van der Waals surface area contributed by atoms with Crippen molar-refractivity contribution >= 4 is 5.82 Å². The Kier molecular flexibility index (Phi) is 3.73. The van der Waals surface area contributed by atoms with Crippen molar-refractivity contribution in [1.29, 1.82) is 0 Å². The lowest BCUT2D eigenvalue weighted by molar-refractivity contribution is 0.285. The van der Waals surface area contributed by atoms with E-state index in [1.54, 1.807) is 0 Å². The Balaban J connectivity index is 2.17. The van der Waals surface area contributed by atoms with Crippen molar-refractivity contribution in [1.82, 2.24) is 9.97 Å². The zero-order valence-electron chi connectivity index (χ0n) is 11.8. The second kappa shape index (κ2) is 5.12. The number of rotatable bonds is 5. The lowest BCUT2D eigenvalue weighted by Crippen LogP contribution is -2.18. The van der Waals surface area contributed by atoms with E-state index in [1.165, 1.54) is 12.8 Å². The van der Waals surface area contributed by atoms with Gasteiger partial charge in [-0.2, -0.15) is 4.98 Å². The Morgan fingerprint density at radius 3 is 2.61 bits per heavy atom. The molecule has 1 aromatic rings. The van der Waals surface area contributed by atoms with Crippen LogP contribution in [0.1, 0.15) is 46.4 Å². The number of hydrogen-bond donors (Lipinski definition) is 1. The van der Waals surface area contributed by atoms with E-state index in [9.17, 15) is 0 Å². The van der Waals surface area contributed by atoms with Crippen molar-refractivity contribution in [2.45, 2.75) is 46.0 Å². The smallest absolute Gasteiger partial charge is 0.218 e. The third-order valence-corrected chi connectivity index (χ3v) is 2.90. The van der Waals surface area contributed by atoms with Gasteiger partial charge in [-0.05, 0) is 25.7 Å². The molecule has 0 radical (unpaired) electrons. The average molecular weight is 249 g/mol. The molecule has 4 nitrogen and oxygen atoms in total. The van der Waals surface area contributed by atoms with E-state index in [4.69, 9.17) is 4.74 Å². The van der Waals surface area contributed by atoms with Crippen LogP contribution in [0.3, 0.4) is 0 Å². The first kappa shape index (κ1) is 13.1. The van der Waals surface area contributed by atoms with Gasteiger partial charge in [0.15, 0.2) is 0 Å². The van der Waals surface area contributed by atoms with Crippen molar-refractivity contribution in [3.05, 3.63) is 11.9 Å². The summed E-state index contributed by atoms with van der Waals surface area (Å²) in [5.74, 6) is 3.10. The zero-order chi connectivity index (χ0) is 13.2. The molecule has 1 N–H and O–H groups in total. The van der Waals surface area contributed by atoms with E-state index in [1.807, 2.05) is 6.07 Å². The number of anilines is 1. The Labute approximate surface area is 109 Å². The molecular weight excluding hydrogens is 226 g/mol. The zero-order valence-corrected chi connectivity index (χ0v) is 11.8. The van der Waals surface area contributed by atoms with Crippen LogP contribution in [-0.2, 0) is 5.41 Å². The Morgan fingerprint density at radius 1 is 1.33 bits per heavy atom. The first-order valence-electron chi connectivity index (χ1n) is 6.75. The molecule has 1 heterocycles. The number of aromatic nitrogens is 2. The van der Waals surface area contributed by atoms with Crippen molar-refractivity contribution in [2.75, 3.05) is 18.5 Å². The summed E-state index contributed by atoms with van der Waals surface area (Å²) >= 11 is 0. The van der Waals surface area contributed by atoms with Gasteiger partial charge >= 0.3 is 0 Å². The maximum Gasteiger partial charge on any atom is 0.218 e. The maximum absolute atomic E-state index is 5.76. The van der Waals surface area contributed by atoms with Gasteiger partial charge in [-0.1, -0.05) is 20.8 Å². The molecule has 0 bridgehead atoms. The van der Waals surface area contributed by atoms with Crippen molar-refractivity contribution in [3.63, 3.8) is 0 Å². The first-order chi connectivity index (χ1) is 8.49. The van der Waals surface area contributed by atoms with E-state index >= 15 is 0 Å². The maximum atomic E-state index is 5.76. The van der Waals surface area contributed by atoms with Crippen molar-refractivity contribution in [3.8, 4) is 5.88 Å². The molecule has 1 aromatic heterocycles. The molecule has 0 saturated heterocycles. The fraction of sp³-hybridized carbons (Fsp3) is 0.714. The summed E-state index contributed by atoms with van der Waals surface area (Å²) < 4.78 is 5.76. The molecule has 0 amide bonds. The molecule has 4 heteroatoms. The molecule has 0 aliphatic heterocycles. The van der Waals surface area contributed by atoms with Gasteiger partial charge in [-0.25, -0.2) is 4.98 Å². The van der Waals surface area contributed by atoms with Gasteiger partial charge in [0.25, 0.3) is 0 Å².